The van der Waals surface area contributed by atoms with Crippen molar-refractivity contribution in [3.05, 3.63) is 101 Å². The second-order valence-corrected chi connectivity index (χ2v) is 10.9. The van der Waals surface area contributed by atoms with E-state index >= 15 is 0 Å². The zero-order valence-electron chi connectivity index (χ0n) is 19.6. The average Bonchev–Trinajstić information content (AvgIpc) is 3.23. The molecule has 7 heteroatoms. The summed E-state index contributed by atoms with van der Waals surface area (Å²) in [5.41, 5.74) is 5.56. The number of nitrogens with one attached hydrogen (secondary N) is 2. The van der Waals surface area contributed by atoms with E-state index in [4.69, 9.17) is 0 Å². The van der Waals surface area contributed by atoms with Crippen LogP contribution in [0.15, 0.2) is 79.0 Å². The number of para-hydroxylation sites is 1. The number of fused-ring (bicyclic) bond motifs is 1. The number of sulfone groups is 1. The largest absolute Gasteiger partial charge is 0.378 e. The molecule has 1 heterocycles. The van der Waals surface area contributed by atoms with Crippen LogP contribution in [0.5, 0.6) is 0 Å². The molecule has 1 amide bonds. The van der Waals surface area contributed by atoms with Crippen LogP contribution < -0.4 is 10.2 Å². The maximum Gasteiger partial charge on any atom is 0.251 e. The molecule has 3 aromatic carbocycles. The highest BCUT2D eigenvalue weighted by Crippen LogP contribution is 2.31. The molecule has 176 valence electrons. The van der Waals surface area contributed by atoms with Crippen molar-refractivity contribution in [1.29, 1.82) is 0 Å². The van der Waals surface area contributed by atoms with Gasteiger partial charge in [0.25, 0.3) is 5.91 Å². The van der Waals surface area contributed by atoms with Crippen LogP contribution in [0.2, 0.25) is 0 Å². The molecule has 2 N–H and O–H groups in total. The van der Waals surface area contributed by atoms with Gasteiger partial charge < -0.3 is 15.2 Å². The summed E-state index contributed by atoms with van der Waals surface area (Å²) in [6, 6.07) is 23.2. The normalized spacial score (nSPS) is 12.4. The van der Waals surface area contributed by atoms with Gasteiger partial charge in [-0.05, 0) is 47.0 Å². The Hall–Kier alpha value is -3.58. The minimum absolute atomic E-state index is 0.0409. The van der Waals surface area contributed by atoms with Crippen LogP contribution in [0, 0.1) is 0 Å². The van der Waals surface area contributed by atoms with E-state index in [2.05, 4.69) is 45.5 Å². The highest BCUT2D eigenvalue weighted by Gasteiger charge is 2.20. The predicted octanol–water partition coefficient (Wildman–Crippen LogP) is 4.34. The van der Waals surface area contributed by atoms with Crippen LogP contribution >= 0.6 is 0 Å². The van der Waals surface area contributed by atoms with Gasteiger partial charge >= 0.3 is 0 Å². The van der Waals surface area contributed by atoms with Gasteiger partial charge in [-0.25, -0.2) is 8.42 Å². The molecule has 0 spiro atoms. The molecule has 0 saturated heterocycles. The lowest BCUT2D eigenvalue weighted by Crippen LogP contribution is -2.29. The van der Waals surface area contributed by atoms with E-state index < -0.39 is 9.84 Å². The SMILES string of the molecule is CN(C)c1ccc(C(CNC(=O)c2ccc(CS(C)(=O)=O)cc2)c2c[nH]c3ccccc23)cc1. The summed E-state index contributed by atoms with van der Waals surface area (Å²) in [7, 11) is 0.894. The van der Waals surface area contributed by atoms with E-state index in [9.17, 15) is 13.2 Å². The van der Waals surface area contributed by atoms with Crippen LogP contribution in [-0.2, 0) is 15.6 Å². The van der Waals surface area contributed by atoms with Crippen LogP contribution in [0.25, 0.3) is 10.9 Å². The molecule has 0 fully saturated rings. The fraction of sp³-hybridized carbons (Fsp3) is 0.222. The molecule has 0 aliphatic carbocycles. The Bertz CT molecular complexity index is 1390. The fourth-order valence-corrected chi connectivity index (χ4v) is 4.94. The van der Waals surface area contributed by atoms with E-state index in [0.29, 0.717) is 17.7 Å². The van der Waals surface area contributed by atoms with Gasteiger partial charge in [0, 0.05) is 61.2 Å². The predicted molar refractivity (Wildman–Crippen MR) is 138 cm³/mol. The van der Waals surface area contributed by atoms with Crippen molar-refractivity contribution in [3.8, 4) is 0 Å². The number of aromatic amines is 1. The fourth-order valence-electron chi connectivity index (χ4n) is 4.15. The number of carbonyl (C=O) groups is 1. The van der Waals surface area contributed by atoms with Crippen LogP contribution in [0.3, 0.4) is 0 Å². The number of amides is 1. The molecule has 0 aliphatic rings. The number of hydrogen-bond acceptors (Lipinski definition) is 4. The molecule has 0 aliphatic heterocycles. The summed E-state index contributed by atoms with van der Waals surface area (Å²) in [5, 5.41) is 4.20. The third-order valence-electron chi connectivity index (χ3n) is 5.92. The second-order valence-electron chi connectivity index (χ2n) is 8.81. The minimum atomic E-state index is -3.12. The van der Waals surface area contributed by atoms with E-state index in [1.54, 1.807) is 24.3 Å². The summed E-state index contributed by atoms with van der Waals surface area (Å²) in [5.74, 6) is -0.276. The first kappa shape index (κ1) is 23.6. The van der Waals surface area contributed by atoms with E-state index in [1.807, 2.05) is 38.5 Å². The first-order chi connectivity index (χ1) is 16.2. The Kier molecular flexibility index (Phi) is 6.75. The molecule has 4 rings (SSSR count). The molecule has 1 atom stereocenters. The van der Waals surface area contributed by atoms with Gasteiger partial charge in [-0.15, -0.1) is 0 Å². The molecule has 6 nitrogen and oxygen atoms in total. The standard InChI is InChI=1S/C27H29N3O3S/c1-30(2)22-14-12-20(13-15-22)24(25-17-28-26-7-5-4-6-23(25)26)16-29-27(31)21-10-8-19(9-11-21)18-34(3,32)33/h4-15,17,24,28H,16,18H2,1-3H3,(H,29,31). The maximum atomic E-state index is 12.9. The number of H-pyrrole nitrogens is 1. The van der Waals surface area contributed by atoms with E-state index in [1.165, 1.54) is 6.26 Å². The third kappa shape index (κ3) is 5.48. The Morgan fingerprint density at radius 1 is 0.971 bits per heavy atom. The Morgan fingerprint density at radius 3 is 2.29 bits per heavy atom. The molecule has 1 aromatic heterocycles. The third-order valence-corrected chi connectivity index (χ3v) is 6.78. The number of aromatic nitrogens is 1. The number of rotatable bonds is 8. The molecule has 0 radical (unpaired) electrons. The summed E-state index contributed by atoms with van der Waals surface area (Å²) in [4.78, 5) is 18.3. The molecular formula is C27H29N3O3S. The number of anilines is 1. The Balaban J connectivity index is 1.58. The van der Waals surface area contributed by atoms with Crippen molar-refractivity contribution in [2.24, 2.45) is 0 Å². The van der Waals surface area contributed by atoms with E-state index in [0.717, 1.165) is 27.7 Å². The quantitative estimate of drug-likeness (QED) is 0.397. The lowest BCUT2D eigenvalue weighted by atomic mass is 9.90. The van der Waals surface area contributed by atoms with E-state index in [-0.39, 0.29) is 17.6 Å². The van der Waals surface area contributed by atoms with Crippen LogP contribution in [0.1, 0.15) is 33.0 Å². The minimum Gasteiger partial charge on any atom is -0.378 e. The summed E-state index contributed by atoms with van der Waals surface area (Å²) < 4.78 is 23.0. The number of hydrogen-bond donors (Lipinski definition) is 2. The second kappa shape index (κ2) is 9.73. The van der Waals surface area contributed by atoms with Gasteiger partial charge in [0.05, 0.1) is 5.75 Å². The number of carbonyl (C=O) groups excluding carboxylic acids is 1. The van der Waals surface area contributed by atoms with Crippen molar-refractivity contribution in [2.75, 3.05) is 31.8 Å². The molecule has 0 bridgehead atoms. The number of benzene rings is 3. The van der Waals surface area contributed by atoms with Crippen molar-refractivity contribution in [2.45, 2.75) is 11.7 Å². The molecule has 4 aromatic rings. The molecular weight excluding hydrogens is 446 g/mol. The highest BCUT2D eigenvalue weighted by molar-refractivity contribution is 7.89. The summed E-state index contributed by atoms with van der Waals surface area (Å²) in [6.07, 6.45) is 3.21. The summed E-state index contributed by atoms with van der Waals surface area (Å²) in [6.45, 7) is 0.424. The lowest BCUT2D eigenvalue weighted by molar-refractivity contribution is 0.0952. The highest BCUT2D eigenvalue weighted by atomic mass is 32.2. The van der Waals surface area contributed by atoms with Gasteiger partial charge in [0.15, 0.2) is 9.84 Å². The molecule has 0 saturated carbocycles. The van der Waals surface area contributed by atoms with Gasteiger partial charge in [-0.1, -0.05) is 42.5 Å². The first-order valence-corrected chi connectivity index (χ1v) is 13.2. The van der Waals surface area contributed by atoms with Gasteiger partial charge in [0.2, 0.25) is 0 Å². The smallest absolute Gasteiger partial charge is 0.251 e. The van der Waals surface area contributed by atoms with Crippen LogP contribution in [0.4, 0.5) is 5.69 Å². The zero-order valence-corrected chi connectivity index (χ0v) is 20.4. The first-order valence-electron chi connectivity index (χ1n) is 11.1. The molecule has 34 heavy (non-hydrogen) atoms. The van der Waals surface area contributed by atoms with Crippen molar-refractivity contribution in [1.82, 2.24) is 10.3 Å². The van der Waals surface area contributed by atoms with Gasteiger partial charge in [-0.3, -0.25) is 4.79 Å². The van der Waals surface area contributed by atoms with Crippen LogP contribution in [-0.4, -0.2) is 46.2 Å². The number of nitrogens with zero attached hydrogens (tertiary/aromatic N) is 1. The lowest BCUT2D eigenvalue weighted by Gasteiger charge is -2.20. The topological polar surface area (TPSA) is 82.3 Å². The average molecular weight is 476 g/mol. The van der Waals surface area contributed by atoms with Gasteiger partial charge in [0.1, 0.15) is 0 Å². The van der Waals surface area contributed by atoms with Gasteiger partial charge in [-0.2, -0.15) is 0 Å². The zero-order chi connectivity index (χ0) is 24.3. The molecule has 1 unspecified atom stereocenters. The van der Waals surface area contributed by atoms with Crippen molar-refractivity contribution < 1.29 is 13.2 Å². The summed E-state index contributed by atoms with van der Waals surface area (Å²) >= 11 is 0. The van der Waals surface area contributed by atoms with Crippen molar-refractivity contribution >= 4 is 32.3 Å². The van der Waals surface area contributed by atoms with Crippen molar-refractivity contribution in [3.63, 3.8) is 0 Å². The monoisotopic (exact) mass is 475 g/mol. The Morgan fingerprint density at radius 2 is 1.65 bits per heavy atom. The Labute approximate surface area is 200 Å². The maximum absolute atomic E-state index is 12.9.